The first-order chi connectivity index (χ1) is 9.63. The highest BCUT2D eigenvalue weighted by molar-refractivity contribution is 5.94. The number of aryl methyl sites for hydroxylation is 1. The van der Waals surface area contributed by atoms with E-state index in [1.54, 1.807) is 25.4 Å². The van der Waals surface area contributed by atoms with Gasteiger partial charge in [0.1, 0.15) is 6.04 Å². The Morgan fingerprint density at radius 3 is 2.75 bits per heavy atom. The quantitative estimate of drug-likeness (QED) is 0.857. The van der Waals surface area contributed by atoms with Gasteiger partial charge < -0.3 is 4.90 Å². The summed E-state index contributed by atoms with van der Waals surface area (Å²) in [5.74, 6) is -0.217. The number of pyridine rings is 1. The zero-order valence-electron chi connectivity index (χ0n) is 11.4. The van der Waals surface area contributed by atoms with Gasteiger partial charge in [0.05, 0.1) is 11.6 Å². The van der Waals surface area contributed by atoms with E-state index in [1.165, 1.54) is 11.1 Å². The highest BCUT2D eigenvalue weighted by Crippen LogP contribution is 2.21. The van der Waals surface area contributed by atoms with E-state index in [0.717, 1.165) is 11.1 Å². The lowest BCUT2D eigenvalue weighted by Gasteiger charge is -2.23. The van der Waals surface area contributed by atoms with Crippen LogP contribution in [0.1, 0.15) is 27.5 Å². The minimum atomic E-state index is -0.609. The van der Waals surface area contributed by atoms with Crippen LogP contribution in [0.4, 0.5) is 0 Å². The number of carbonyl (C=O) groups is 1. The van der Waals surface area contributed by atoms with Crippen LogP contribution in [0.25, 0.3) is 0 Å². The molecule has 1 aromatic carbocycles. The average Bonchev–Trinajstić information content (AvgIpc) is 2.48. The molecule has 0 radical (unpaired) electrons. The molecule has 0 fully saturated rings. The molecule has 4 nitrogen and oxygen atoms in total. The van der Waals surface area contributed by atoms with E-state index in [0.29, 0.717) is 5.56 Å². The van der Waals surface area contributed by atoms with Crippen LogP contribution < -0.4 is 0 Å². The molecule has 0 aliphatic rings. The molecular formula is C16H15N3O. The lowest BCUT2D eigenvalue weighted by molar-refractivity contribution is 0.0763. The first-order valence-electron chi connectivity index (χ1n) is 6.27. The number of benzene rings is 1. The number of nitrogens with zero attached hydrogens (tertiary/aromatic N) is 3. The number of nitriles is 1. The number of aromatic nitrogens is 1. The van der Waals surface area contributed by atoms with Crippen LogP contribution in [0, 0.1) is 18.3 Å². The minimum Gasteiger partial charge on any atom is -0.322 e. The Morgan fingerprint density at radius 1 is 1.35 bits per heavy atom. The van der Waals surface area contributed by atoms with E-state index < -0.39 is 6.04 Å². The lowest BCUT2D eigenvalue weighted by Crippen LogP contribution is -2.30. The molecule has 4 heteroatoms. The maximum absolute atomic E-state index is 12.3. The maximum atomic E-state index is 12.3. The second-order valence-corrected chi connectivity index (χ2v) is 4.60. The van der Waals surface area contributed by atoms with Gasteiger partial charge in [-0.05, 0) is 24.6 Å². The third-order valence-corrected chi connectivity index (χ3v) is 3.10. The minimum absolute atomic E-state index is 0.217. The van der Waals surface area contributed by atoms with Crippen molar-refractivity contribution in [3.8, 4) is 6.07 Å². The topological polar surface area (TPSA) is 57.0 Å². The Labute approximate surface area is 118 Å². The normalized spacial score (nSPS) is 11.4. The van der Waals surface area contributed by atoms with Crippen molar-refractivity contribution < 1.29 is 4.79 Å². The molecule has 0 saturated carbocycles. The first kappa shape index (κ1) is 13.8. The Hall–Kier alpha value is -2.67. The Morgan fingerprint density at radius 2 is 2.15 bits per heavy atom. The molecule has 1 amide bonds. The summed E-state index contributed by atoms with van der Waals surface area (Å²) >= 11 is 0. The molecule has 1 aromatic heterocycles. The van der Waals surface area contributed by atoms with Crippen molar-refractivity contribution in [2.45, 2.75) is 13.0 Å². The molecule has 1 unspecified atom stereocenters. The van der Waals surface area contributed by atoms with E-state index in [1.807, 2.05) is 31.2 Å². The standard InChI is InChI=1S/C16H15N3O/c1-12-5-3-6-13(9-12)15(10-17)19(2)16(20)14-7-4-8-18-11-14/h3-9,11,15H,1-2H3. The monoisotopic (exact) mass is 265 g/mol. The zero-order chi connectivity index (χ0) is 14.5. The van der Waals surface area contributed by atoms with Gasteiger partial charge in [0.25, 0.3) is 5.91 Å². The molecule has 1 atom stereocenters. The molecule has 2 aromatic rings. The fourth-order valence-electron chi connectivity index (χ4n) is 2.04. The van der Waals surface area contributed by atoms with Crippen molar-refractivity contribution in [2.75, 3.05) is 7.05 Å². The third-order valence-electron chi connectivity index (χ3n) is 3.10. The molecular weight excluding hydrogens is 250 g/mol. The van der Waals surface area contributed by atoms with Crippen LogP contribution >= 0.6 is 0 Å². The Balaban J connectivity index is 2.29. The van der Waals surface area contributed by atoms with Crippen LogP contribution in [-0.2, 0) is 0 Å². The van der Waals surface area contributed by atoms with Crippen LogP contribution in [0.2, 0.25) is 0 Å². The van der Waals surface area contributed by atoms with Gasteiger partial charge in [-0.2, -0.15) is 5.26 Å². The molecule has 0 bridgehead atoms. The summed E-state index contributed by atoms with van der Waals surface area (Å²) in [7, 11) is 1.63. The first-order valence-corrected chi connectivity index (χ1v) is 6.27. The summed E-state index contributed by atoms with van der Waals surface area (Å²) in [6.45, 7) is 1.96. The number of rotatable bonds is 3. The predicted octanol–water partition coefficient (Wildman–Crippen LogP) is 2.73. The molecule has 0 spiro atoms. The highest BCUT2D eigenvalue weighted by Gasteiger charge is 2.22. The van der Waals surface area contributed by atoms with Crippen LogP contribution in [-0.4, -0.2) is 22.8 Å². The lowest BCUT2D eigenvalue weighted by atomic mass is 10.0. The molecule has 0 aliphatic carbocycles. The third kappa shape index (κ3) is 2.83. The van der Waals surface area contributed by atoms with Crippen LogP contribution in [0.5, 0.6) is 0 Å². The van der Waals surface area contributed by atoms with E-state index in [2.05, 4.69) is 11.1 Å². The molecule has 1 heterocycles. The smallest absolute Gasteiger partial charge is 0.256 e. The van der Waals surface area contributed by atoms with Gasteiger partial charge in [0.15, 0.2) is 0 Å². The summed E-state index contributed by atoms with van der Waals surface area (Å²) in [5.41, 5.74) is 2.35. The molecule has 0 N–H and O–H groups in total. The molecule has 0 aliphatic heterocycles. The summed E-state index contributed by atoms with van der Waals surface area (Å²) in [6, 6.07) is 12.6. The second kappa shape index (κ2) is 5.98. The van der Waals surface area contributed by atoms with Crippen molar-refractivity contribution in [3.05, 3.63) is 65.5 Å². The Bertz CT molecular complexity index is 646. The zero-order valence-corrected chi connectivity index (χ0v) is 11.4. The van der Waals surface area contributed by atoms with Gasteiger partial charge in [0, 0.05) is 19.4 Å². The van der Waals surface area contributed by atoms with Crippen molar-refractivity contribution >= 4 is 5.91 Å². The van der Waals surface area contributed by atoms with E-state index in [9.17, 15) is 10.1 Å². The summed E-state index contributed by atoms with van der Waals surface area (Å²) in [4.78, 5) is 17.7. The van der Waals surface area contributed by atoms with Gasteiger partial charge in [0.2, 0.25) is 0 Å². The molecule has 20 heavy (non-hydrogen) atoms. The fraction of sp³-hybridized carbons (Fsp3) is 0.188. The van der Waals surface area contributed by atoms with Gasteiger partial charge in [-0.25, -0.2) is 0 Å². The second-order valence-electron chi connectivity index (χ2n) is 4.60. The summed E-state index contributed by atoms with van der Waals surface area (Å²) in [5, 5.41) is 9.38. The van der Waals surface area contributed by atoms with Crippen molar-refractivity contribution in [3.63, 3.8) is 0 Å². The van der Waals surface area contributed by atoms with Gasteiger partial charge >= 0.3 is 0 Å². The van der Waals surface area contributed by atoms with Crippen LogP contribution in [0.15, 0.2) is 48.8 Å². The van der Waals surface area contributed by atoms with Gasteiger partial charge in [-0.15, -0.1) is 0 Å². The summed E-state index contributed by atoms with van der Waals surface area (Å²) < 4.78 is 0. The SMILES string of the molecule is Cc1cccc(C(C#N)N(C)C(=O)c2cccnc2)c1. The highest BCUT2D eigenvalue weighted by atomic mass is 16.2. The van der Waals surface area contributed by atoms with E-state index >= 15 is 0 Å². The number of carbonyl (C=O) groups excluding carboxylic acids is 1. The van der Waals surface area contributed by atoms with E-state index in [4.69, 9.17) is 0 Å². The van der Waals surface area contributed by atoms with Gasteiger partial charge in [-0.1, -0.05) is 29.8 Å². The van der Waals surface area contributed by atoms with Crippen molar-refractivity contribution in [1.29, 1.82) is 5.26 Å². The summed E-state index contributed by atoms with van der Waals surface area (Å²) in [6.07, 6.45) is 3.11. The molecule has 0 saturated heterocycles. The number of hydrogen-bond donors (Lipinski definition) is 0. The molecule has 2 rings (SSSR count). The average molecular weight is 265 g/mol. The van der Waals surface area contributed by atoms with Crippen molar-refractivity contribution in [2.24, 2.45) is 0 Å². The van der Waals surface area contributed by atoms with E-state index in [-0.39, 0.29) is 5.91 Å². The Kier molecular flexibility index (Phi) is 4.11. The molecule has 100 valence electrons. The fourth-order valence-corrected chi connectivity index (χ4v) is 2.04. The van der Waals surface area contributed by atoms with Crippen molar-refractivity contribution in [1.82, 2.24) is 9.88 Å². The largest absolute Gasteiger partial charge is 0.322 e. The number of hydrogen-bond acceptors (Lipinski definition) is 3. The van der Waals surface area contributed by atoms with Crippen LogP contribution in [0.3, 0.4) is 0 Å². The predicted molar refractivity (Wildman–Crippen MR) is 75.9 cm³/mol. The maximum Gasteiger partial charge on any atom is 0.256 e. The number of amides is 1. The van der Waals surface area contributed by atoms with Gasteiger partial charge in [-0.3, -0.25) is 9.78 Å².